The van der Waals surface area contributed by atoms with Gasteiger partial charge in [-0.05, 0) is 52.1 Å². The van der Waals surface area contributed by atoms with Crippen molar-refractivity contribution < 1.29 is 0 Å². The molecule has 1 aliphatic rings. The highest BCUT2D eigenvalue weighted by Crippen LogP contribution is 2.53. The van der Waals surface area contributed by atoms with E-state index in [1.165, 1.54) is 37.4 Å². The highest BCUT2D eigenvalue weighted by molar-refractivity contribution is 7.26. The second-order valence-electron chi connectivity index (χ2n) is 10.1. The minimum atomic E-state index is 0.668. The third-order valence-corrected chi connectivity index (χ3v) is 9.07. The molecule has 5 aromatic carbocycles. The number of rotatable bonds is 2. The summed E-state index contributed by atoms with van der Waals surface area (Å²) < 4.78 is 2.29. The quantitative estimate of drug-likeness (QED) is 0.224. The fourth-order valence-corrected chi connectivity index (χ4v) is 7.33. The summed E-state index contributed by atoms with van der Waals surface area (Å²) in [5.41, 5.74) is 7.58. The third-order valence-electron chi connectivity index (χ3n) is 7.90. The molecule has 0 saturated carbocycles. The summed E-state index contributed by atoms with van der Waals surface area (Å²) in [4.78, 5) is 17.2. The molecule has 0 atom stereocenters. The zero-order chi connectivity index (χ0) is 26.2. The van der Waals surface area contributed by atoms with Crippen LogP contribution in [0.3, 0.4) is 0 Å². The summed E-state index contributed by atoms with van der Waals surface area (Å²) in [6.07, 6.45) is 3.66. The number of nitrogens with zero attached hydrogens (tertiary/aromatic N) is 4. The van der Waals surface area contributed by atoms with Crippen LogP contribution in [-0.2, 0) is 0 Å². The van der Waals surface area contributed by atoms with Crippen LogP contribution in [-0.4, -0.2) is 15.0 Å². The number of hydrogen-bond acceptors (Lipinski definition) is 5. The van der Waals surface area contributed by atoms with Crippen LogP contribution in [0.4, 0.5) is 17.3 Å². The van der Waals surface area contributed by atoms with E-state index >= 15 is 0 Å². The largest absolute Gasteiger partial charge is 0.278 e. The molecule has 0 aliphatic carbocycles. The van der Waals surface area contributed by atoms with Crippen LogP contribution in [0.1, 0.15) is 0 Å². The van der Waals surface area contributed by atoms with Crippen LogP contribution in [0.25, 0.3) is 64.2 Å². The molecule has 0 amide bonds. The monoisotopic (exact) mass is 528 g/mol. The molecule has 186 valence electrons. The molecule has 0 fully saturated rings. The normalized spacial score (nSPS) is 12.4. The molecule has 0 radical (unpaired) electrons. The van der Waals surface area contributed by atoms with Crippen molar-refractivity contribution in [1.29, 1.82) is 0 Å². The average molecular weight is 529 g/mol. The van der Waals surface area contributed by atoms with Crippen molar-refractivity contribution >= 4 is 70.5 Å². The smallest absolute Gasteiger partial charge is 0.235 e. The predicted molar refractivity (Wildman–Crippen MR) is 167 cm³/mol. The minimum Gasteiger partial charge on any atom is -0.278 e. The molecule has 1 aliphatic heterocycles. The van der Waals surface area contributed by atoms with Crippen molar-refractivity contribution in [2.75, 3.05) is 4.90 Å². The summed E-state index contributed by atoms with van der Waals surface area (Å²) in [6.45, 7) is 0. The molecule has 4 nitrogen and oxygen atoms in total. The van der Waals surface area contributed by atoms with Crippen molar-refractivity contribution in [3.63, 3.8) is 0 Å². The highest BCUT2D eigenvalue weighted by Gasteiger charge is 2.30. The zero-order valence-electron chi connectivity index (χ0n) is 21.2. The van der Waals surface area contributed by atoms with E-state index in [2.05, 4.69) is 107 Å². The fourth-order valence-electron chi connectivity index (χ4n) is 6.18. The summed E-state index contributed by atoms with van der Waals surface area (Å²) in [6, 6.07) is 38.7. The van der Waals surface area contributed by atoms with E-state index < -0.39 is 0 Å². The van der Waals surface area contributed by atoms with Crippen LogP contribution in [0.15, 0.2) is 122 Å². The van der Waals surface area contributed by atoms with Crippen molar-refractivity contribution in [1.82, 2.24) is 15.0 Å². The number of benzene rings is 5. The van der Waals surface area contributed by atoms with E-state index in [1.54, 1.807) is 11.3 Å². The summed E-state index contributed by atoms with van der Waals surface area (Å²) >= 11 is 1.74. The first-order valence-electron chi connectivity index (χ1n) is 13.3. The maximum atomic E-state index is 5.33. The van der Waals surface area contributed by atoms with E-state index in [-0.39, 0.29) is 0 Å². The molecule has 0 N–H and O–H groups in total. The average Bonchev–Trinajstić information content (AvgIpc) is 3.40. The van der Waals surface area contributed by atoms with Gasteiger partial charge in [0.05, 0.1) is 27.3 Å². The molecule has 3 aromatic heterocycles. The van der Waals surface area contributed by atoms with Gasteiger partial charge in [0.15, 0.2) is 0 Å². The van der Waals surface area contributed by atoms with Crippen molar-refractivity contribution in [2.24, 2.45) is 0 Å². The van der Waals surface area contributed by atoms with Crippen LogP contribution in [0.5, 0.6) is 0 Å². The maximum Gasteiger partial charge on any atom is 0.235 e. The van der Waals surface area contributed by atoms with Gasteiger partial charge in [0.2, 0.25) is 5.95 Å². The van der Waals surface area contributed by atoms with Gasteiger partial charge in [-0.15, -0.1) is 11.3 Å². The first kappa shape index (κ1) is 21.8. The predicted octanol–water partition coefficient (Wildman–Crippen LogP) is 9.66. The standard InChI is InChI=1S/C35H20N4S/c1-2-10-24-21(7-1)15-16-28-31(24)26-12-5-8-22-9-6-13-27(30(22)26)39(28)35-37-32(23-17-19-36-20-18-23)34-33(38-35)25-11-3-4-14-29(25)40-34/h1-20H. The van der Waals surface area contributed by atoms with Gasteiger partial charge in [0, 0.05) is 39.0 Å². The second kappa shape index (κ2) is 8.18. The lowest BCUT2D eigenvalue weighted by Gasteiger charge is -2.32. The topological polar surface area (TPSA) is 41.9 Å². The van der Waals surface area contributed by atoms with E-state index in [0.29, 0.717) is 5.95 Å². The van der Waals surface area contributed by atoms with Gasteiger partial charge >= 0.3 is 0 Å². The Bertz CT molecular complexity index is 2280. The highest BCUT2D eigenvalue weighted by atomic mass is 32.1. The van der Waals surface area contributed by atoms with Crippen LogP contribution in [0.2, 0.25) is 0 Å². The lowest BCUT2D eigenvalue weighted by Crippen LogP contribution is -2.18. The lowest BCUT2D eigenvalue weighted by atomic mass is 9.88. The summed E-state index contributed by atoms with van der Waals surface area (Å²) in [5.74, 6) is 0.668. The summed E-state index contributed by atoms with van der Waals surface area (Å²) in [5, 5.41) is 6.02. The number of fused-ring (bicyclic) bond motifs is 7. The Morgan fingerprint density at radius 1 is 0.600 bits per heavy atom. The first-order valence-corrected chi connectivity index (χ1v) is 14.1. The minimum absolute atomic E-state index is 0.668. The van der Waals surface area contributed by atoms with Crippen molar-refractivity contribution in [3.8, 4) is 22.4 Å². The number of pyridine rings is 1. The molecule has 8 aromatic rings. The maximum absolute atomic E-state index is 5.33. The fraction of sp³-hybridized carbons (Fsp3) is 0. The van der Waals surface area contributed by atoms with Gasteiger partial charge in [-0.2, -0.15) is 0 Å². The Morgan fingerprint density at radius 2 is 1.38 bits per heavy atom. The van der Waals surface area contributed by atoms with Crippen LogP contribution < -0.4 is 4.90 Å². The van der Waals surface area contributed by atoms with E-state index in [1.807, 2.05) is 24.5 Å². The number of aromatic nitrogens is 3. The lowest BCUT2D eigenvalue weighted by molar-refractivity contribution is 1.12. The molecule has 0 bridgehead atoms. The molecular formula is C35H20N4S. The van der Waals surface area contributed by atoms with Crippen molar-refractivity contribution in [3.05, 3.63) is 122 Å². The van der Waals surface area contributed by atoms with Gasteiger partial charge in [-0.1, -0.05) is 78.9 Å². The summed E-state index contributed by atoms with van der Waals surface area (Å²) in [7, 11) is 0. The number of thiophene rings is 1. The second-order valence-corrected chi connectivity index (χ2v) is 11.1. The molecule has 9 rings (SSSR count). The van der Waals surface area contributed by atoms with Crippen LogP contribution in [0, 0.1) is 0 Å². The van der Waals surface area contributed by atoms with Gasteiger partial charge in [-0.25, -0.2) is 9.97 Å². The Hall–Kier alpha value is -5.13. The molecular weight excluding hydrogens is 508 g/mol. The van der Waals surface area contributed by atoms with Gasteiger partial charge in [-0.3, -0.25) is 9.88 Å². The van der Waals surface area contributed by atoms with Gasteiger partial charge < -0.3 is 0 Å². The zero-order valence-corrected chi connectivity index (χ0v) is 22.1. The first-order chi connectivity index (χ1) is 19.8. The third kappa shape index (κ3) is 2.98. The molecule has 0 saturated heterocycles. The van der Waals surface area contributed by atoms with Crippen LogP contribution >= 0.6 is 11.3 Å². The number of hydrogen-bond donors (Lipinski definition) is 0. The molecule has 4 heterocycles. The van der Waals surface area contributed by atoms with E-state index in [4.69, 9.17) is 9.97 Å². The Kier molecular flexibility index (Phi) is 4.45. The van der Waals surface area contributed by atoms with Gasteiger partial charge in [0.25, 0.3) is 0 Å². The van der Waals surface area contributed by atoms with E-state index in [0.717, 1.165) is 38.2 Å². The molecule has 5 heteroatoms. The Labute approximate surface area is 233 Å². The molecule has 0 unspecified atom stereocenters. The Balaban J connectivity index is 1.44. The SMILES string of the molecule is c1ccc2c3c(ccc2c1)N(c1nc(-c2ccncc2)c2sc4ccccc4c2n1)c1cccc2cccc-3c12. The number of anilines is 3. The molecule has 40 heavy (non-hydrogen) atoms. The Morgan fingerprint density at radius 3 is 2.27 bits per heavy atom. The molecule has 0 spiro atoms. The van der Waals surface area contributed by atoms with Crippen molar-refractivity contribution in [2.45, 2.75) is 0 Å². The van der Waals surface area contributed by atoms with E-state index in [9.17, 15) is 0 Å². The van der Waals surface area contributed by atoms with Gasteiger partial charge in [0.1, 0.15) is 0 Å².